The van der Waals surface area contributed by atoms with E-state index in [1.807, 2.05) is 0 Å². The van der Waals surface area contributed by atoms with Gasteiger partial charge in [-0.15, -0.1) is 0 Å². The van der Waals surface area contributed by atoms with Crippen LogP contribution < -0.4 is 0 Å². The minimum Gasteiger partial charge on any atom is -0.192 e. The van der Waals surface area contributed by atoms with Crippen LogP contribution in [0.25, 0.3) is 0 Å². The molecule has 1 aliphatic carbocycles. The predicted octanol–water partition coefficient (Wildman–Crippen LogP) is 7.09. The van der Waals surface area contributed by atoms with E-state index < -0.39 is 0 Å². The standard InChI is InChI=1S/C25H36N2/c1-3-5-7-8-20-10-12-21(13-11-20)14-15-23-17-16-22(9-6-4-2)24(18-26)25(23)19-27/h16-17,20-21H,3-15H2,1-2H3/t20-,21-. The van der Waals surface area contributed by atoms with Gasteiger partial charge in [0.2, 0.25) is 0 Å². The molecule has 0 aromatic heterocycles. The second kappa shape index (κ2) is 11.8. The molecule has 0 bridgehead atoms. The number of nitrogens with zero attached hydrogens (tertiary/aromatic N) is 2. The third kappa shape index (κ3) is 6.39. The van der Waals surface area contributed by atoms with Gasteiger partial charge in [0.15, 0.2) is 0 Å². The number of benzene rings is 1. The fourth-order valence-electron chi connectivity index (χ4n) is 4.58. The zero-order chi connectivity index (χ0) is 19.5. The molecule has 0 aliphatic heterocycles. The van der Waals surface area contributed by atoms with Gasteiger partial charge in [-0.1, -0.05) is 83.8 Å². The number of hydrogen-bond acceptors (Lipinski definition) is 2. The van der Waals surface area contributed by atoms with Crippen molar-refractivity contribution in [2.75, 3.05) is 0 Å². The lowest BCUT2D eigenvalue weighted by atomic mass is 9.77. The summed E-state index contributed by atoms with van der Waals surface area (Å²) in [4.78, 5) is 0. The molecule has 0 unspecified atom stereocenters. The van der Waals surface area contributed by atoms with E-state index in [1.54, 1.807) is 0 Å². The van der Waals surface area contributed by atoms with Gasteiger partial charge >= 0.3 is 0 Å². The maximum atomic E-state index is 9.65. The van der Waals surface area contributed by atoms with E-state index in [2.05, 4.69) is 38.1 Å². The summed E-state index contributed by atoms with van der Waals surface area (Å²) in [7, 11) is 0. The second-order valence-corrected chi connectivity index (χ2v) is 8.38. The Morgan fingerprint density at radius 1 is 0.741 bits per heavy atom. The van der Waals surface area contributed by atoms with Gasteiger partial charge in [-0.05, 0) is 48.6 Å². The van der Waals surface area contributed by atoms with Crippen LogP contribution in [0, 0.1) is 34.5 Å². The van der Waals surface area contributed by atoms with Crippen molar-refractivity contribution in [2.24, 2.45) is 11.8 Å². The first-order valence-corrected chi connectivity index (χ1v) is 11.2. The molecule has 0 amide bonds. The minimum absolute atomic E-state index is 0.628. The van der Waals surface area contributed by atoms with E-state index >= 15 is 0 Å². The smallest absolute Gasteiger partial charge is 0.101 e. The summed E-state index contributed by atoms with van der Waals surface area (Å²) >= 11 is 0. The van der Waals surface area contributed by atoms with Gasteiger partial charge in [0.1, 0.15) is 12.1 Å². The summed E-state index contributed by atoms with van der Waals surface area (Å²) in [6, 6.07) is 8.85. The molecule has 0 atom stereocenters. The Morgan fingerprint density at radius 3 is 1.78 bits per heavy atom. The molecule has 2 rings (SSSR count). The predicted molar refractivity (Wildman–Crippen MR) is 112 cm³/mol. The van der Waals surface area contributed by atoms with Gasteiger partial charge in [-0.25, -0.2) is 0 Å². The van der Waals surface area contributed by atoms with Crippen LogP contribution in [0.15, 0.2) is 12.1 Å². The highest BCUT2D eigenvalue weighted by atomic mass is 14.3. The lowest BCUT2D eigenvalue weighted by Crippen LogP contribution is -2.15. The first-order chi connectivity index (χ1) is 13.2. The molecule has 1 saturated carbocycles. The Labute approximate surface area is 166 Å². The zero-order valence-electron chi connectivity index (χ0n) is 17.4. The number of nitriles is 2. The monoisotopic (exact) mass is 364 g/mol. The van der Waals surface area contributed by atoms with Gasteiger partial charge in [-0.3, -0.25) is 0 Å². The molecular formula is C25H36N2. The normalized spacial score (nSPS) is 19.4. The largest absolute Gasteiger partial charge is 0.192 e. The maximum Gasteiger partial charge on any atom is 0.101 e. The van der Waals surface area contributed by atoms with Gasteiger partial charge < -0.3 is 0 Å². The minimum atomic E-state index is 0.628. The van der Waals surface area contributed by atoms with Gasteiger partial charge in [0.25, 0.3) is 0 Å². The summed E-state index contributed by atoms with van der Waals surface area (Å²) in [5, 5.41) is 19.2. The first kappa shape index (κ1) is 21.5. The third-order valence-corrected chi connectivity index (χ3v) is 6.41. The number of hydrogen-bond donors (Lipinski definition) is 0. The Kier molecular flexibility index (Phi) is 9.41. The summed E-state index contributed by atoms with van der Waals surface area (Å²) in [6.45, 7) is 4.44. The van der Waals surface area contributed by atoms with Crippen LogP contribution in [-0.4, -0.2) is 0 Å². The second-order valence-electron chi connectivity index (χ2n) is 8.38. The molecule has 1 aromatic carbocycles. The quantitative estimate of drug-likeness (QED) is 0.416. The SMILES string of the molecule is CCCCC[C@H]1CC[C@H](CCc2ccc(CCCC)c(C#N)c2C#N)CC1. The van der Waals surface area contributed by atoms with E-state index in [4.69, 9.17) is 0 Å². The average Bonchev–Trinajstić information content (AvgIpc) is 2.71. The molecule has 1 aromatic rings. The van der Waals surface area contributed by atoms with Crippen molar-refractivity contribution < 1.29 is 0 Å². The van der Waals surface area contributed by atoms with Gasteiger partial charge in [0, 0.05) is 0 Å². The fourth-order valence-corrected chi connectivity index (χ4v) is 4.58. The van der Waals surface area contributed by atoms with Gasteiger partial charge in [0.05, 0.1) is 11.1 Å². The molecule has 0 heterocycles. The van der Waals surface area contributed by atoms with E-state index in [-0.39, 0.29) is 0 Å². The highest BCUT2D eigenvalue weighted by molar-refractivity contribution is 5.54. The van der Waals surface area contributed by atoms with Crippen molar-refractivity contribution in [1.82, 2.24) is 0 Å². The summed E-state index contributed by atoms with van der Waals surface area (Å²) in [5.74, 6) is 1.75. The summed E-state index contributed by atoms with van der Waals surface area (Å²) in [5.41, 5.74) is 3.40. The molecule has 0 radical (unpaired) electrons. The van der Waals surface area contributed by atoms with E-state index in [9.17, 15) is 10.5 Å². The molecule has 0 N–H and O–H groups in total. The third-order valence-electron chi connectivity index (χ3n) is 6.41. The van der Waals surface area contributed by atoms with Crippen molar-refractivity contribution >= 4 is 0 Å². The van der Waals surface area contributed by atoms with E-state index in [0.29, 0.717) is 11.1 Å². The molecule has 1 fully saturated rings. The zero-order valence-corrected chi connectivity index (χ0v) is 17.4. The first-order valence-electron chi connectivity index (χ1n) is 11.2. The lowest BCUT2D eigenvalue weighted by Gasteiger charge is -2.28. The summed E-state index contributed by atoms with van der Waals surface area (Å²) in [6.07, 6.45) is 16.2. The highest BCUT2D eigenvalue weighted by Gasteiger charge is 2.21. The van der Waals surface area contributed by atoms with Crippen LogP contribution in [0.5, 0.6) is 0 Å². The van der Waals surface area contributed by atoms with Crippen molar-refractivity contribution in [3.63, 3.8) is 0 Å². The Balaban J connectivity index is 1.91. The average molecular weight is 365 g/mol. The van der Waals surface area contributed by atoms with Gasteiger partial charge in [-0.2, -0.15) is 10.5 Å². The fraction of sp³-hybridized carbons (Fsp3) is 0.680. The number of aryl methyl sites for hydroxylation is 2. The lowest BCUT2D eigenvalue weighted by molar-refractivity contribution is 0.249. The maximum absolute atomic E-state index is 9.65. The van der Waals surface area contributed by atoms with Crippen LogP contribution >= 0.6 is 0 Å². The Bertz CT molecular complexity index is 654. The molecule has 27 heavy (non-hydrogen) atoms. The van der Waals surface area contributed by atoms with Crippen molar-refractivity contribution in [3.8, 4) is 12.1 Å². The van der Waals surface area contributed by atoms with Crippen molar-refractivity contribution in [3.05, 3.63) is 34.4 Å². The molecule has 1 aliphatic rings. The van der Waals surface area contributed by atoms with Crippen molar-refractivity contribution in [2.45, 2.75) is 97.3 Å². The Hall–Kier alpha value is -1.80. The number of unbranched alkanes of at least 4 members (excludes halogenated alkanes) is 3. The van der Waals surface area contributed by atoms with Crippen LogP contribution in [0.1, 0.15) is 107 Å². The molecule has 2 heteroatoms. The van der Waals surface area contributed by atoms with Crippen LogP contribution in [-0.2, 0) is 12.8 Å². The van der Waals surface area contributed by atoms with E-state index in [0.717, 1.165) is 55.1 Å². The number of rotatable bonds is 10. The molecular weight excluding hydrogens is 328 g/mol. The molecule has 2 nitrogen and oxygen atoms in total. The topological polar surface area (TPSA) is 47.6 Å². The molecule has 0 spiro atoms. The van der Waals surface area contributed by atoms with Crippen LogP contribution in [0.4, 0.5) is 0 Å². The van der Waals surface area contributed by atoms with Crippen LogP contribution in [0.3, 0.4) is 0 Å². The molecule has 146 valence electrons. The summed E-state index contributed by atoms with van der Waals surface area (Å²) < 4.78 is 0. The van der Waals surface area contributed by atoms with Crippen molar-refractivity contribution in [1.29, 1.82) is 10.5 Å². The highest BCUT2D eigenvalue weighted by Crippen LogP contribution is 2.34. The van der Waals surface area contributed by atoms with E-state index in [1.165, 1.54) is 51.4 Å². The molecule has 0 saturated heterocycles. The Morgan fingerprint density at radius 2 is 1.26 bits per heavy atom. The van der Waals surface area contributed by atoms with Crippen LogP contribution in [0.2, 0.25) is 0 Å².